The number of amides is 1. The van der Waals surface area contributed by atoms with Gasteiger partial charge < -0.3 is 15.5 Å². The monoisotopic (exact) mass is 296 g/mol. The van der Waals surface area contributed by atoms with Crippen LogP contribution in [0.4, 0.5) is 5.69 Å². The molecule has 3 N–H and O–H groups in total. The molecule has 0 bridgehead atoms. The number of nitrogens with zero attached hydrogens (tertiary/aromatic N) is 1. The van der Waals surface area contributed by atoms with Crippen LogP contribution in [0, 0.1) is 17.0 Å². The number of carbonyl (C=O) groups excluding carboxylic acids is 1. The normalized spacial score (nSPS) is 13.3. The summed E-state index contributed by atoms with van der Waals surface area (Å²) >= 11 is 0. The van der Waals surface area contributed by atoms with Crippen molar-refractivity contribution in [3.05, 3.63) is 39.4 Å². The third kappa shape index (κ3) is 4.84. The van der Waals surface area contributed by atoms with Crippen LogP contribution in [0.15, 0.2) is 18.2 Å². The zero-order chi connectivity index (χ0) is 16.2. The Bertz CT molecular complexity index is 582. The lowest BCUT2D eigenvalue weighted by Gasteiger charge is -2.21. The number of hydrogen-bond donors (Lipinski definition) is 3. The Kier molecular flexibility index (Phi) is 4.98. The number of carbonyl (C=O) groups is 2. The Morgan fingerprint density at radius 3 is 2.57 bits per heavy atom. The van der Waals surface area contributed by atoms with Crippen LogP contribution in [-0.4, -0.2) is 39.2 Å². The predicted molar refractivity (Wildman–Crippen MR) is 73.0 cm³/mol. The first-order valence-corrected chi connectivity index (χ1v) is 6.10. The van der Waals surface area contributed by atoms with E-state index in [4.69, 9.17) is 5.11 Å². The van der Waals surface area contributed by atoms with Gasteiger partial charge in [-0.05, 0) is 19.4 Å². The molecule has 0 radical (unpaired) electrons. The molecule has 8 nitrogen and oxygen atoms in total. The number of aryl methyl sites for hydroxylation is 1. The number of aliphatic carboxylic acids is 1. The molecule has 1 amide bonds. The molecule has 0 aliphatic carbocycles. The van der Waals surface area contributed by atoms with Gasteiger partial charge in [-0.3, -0.25) is 19.7 Å². The van der Waals surface area contributed by atoms with Crippen molar-refractivity contribution in [1.29, 1.82) is 0 Å². The highest BCUT2D eigenvalue weighted by molar-refractivity contribution is 5.96. The first kappa shape index (κ1) is 16.6. The van der Waals surface area contributed by atoms with Crippen LogP contribution < -0.4 is 5.32 Å². The van der Waals surface area contributed by atoms with Crippen molar-refractivity contribution in [3.8, 4) is 0 Å². The summed E-state index contributed by atoms with van der Waals surface area (Å²) in [6.45, 7) is 2.62. The molecular weight excluding hydrogens is 280 g/mol. The first-order valence-electron chi connectivity index (χ1n) is 6.10. The van der Waals surface area contributed by atoms with Crippen LogP contribution in [0.3, 0.4) is 0 Å². The lowest BCUT2D eigenvalue weighted by molar-refractivity contribution is -0.384. The van der Waals surface area contributed by atoms with E-state index >= 15 is 0 Å². The molecule has 0 aliphatic heterocycles. The maximum Gasteiger partial charge on any atom is 0.306 e. The third-order valence-corrected chi connectivity index (χ3v) is 2.84. The van der Waals surface area contributed by atoms with Gasteiger partial charge in [-0.15, -0.1) is 0 Å². The minimum absolute atomic E-state index is 0.107. The zero-order valence-corrected chi connectivity index (χ0v) is 11.6. The second-order valence-corrected chi connectivity index (χ2v) is 5.01. The summed E-state index contributed by atoms with van der Waals surface area (Å²) in [7, 11) is 0. The average Bonchev–Trinajstić information content (AvgIpc) is 2.34. The summed E-state index contributed by atoms with van der Waals surface area (Å²) in [5.74, 6) is -1.80. The number of nitrogens with one attached hydrogen (secondary N) is 1. The summed E-state index contributed by atoms with van der Waals surface area (Å²) in [5.41, 5.74) is -1.18. The zero-order valence-electron chi connectivity index (χ0n) is 11.6. The Morgan fingerprint density at radius 2 is 2.05 bits per heavy atom. The molecule has 0 fully saturated rings. The SMILES string of the molecule is Cc1ccc([N+](=O)[O-])cc1C(=O)NCC(C)(O)CC(=O)O. The summed E-state index contributed by atoms with van der Waals surface area (Å²) in [4.78, 5) is 32.6. The van der Waals surface area contributed by atoms with Gasteiger partial charge in [0.2, 0.25) is 0 Å². The fourth-order valence-electron chi connectivity index (χ4n) is 1.72. The molecular formula is C13H16N2O6. The lowest BCUT2D eigenvalue weighted by atomic mass is 10.0. The molecule has 0 spiro atoms. The Hall–Kier alpha value is -2.48. The fraction of sp³-hybridized carbons (Fsp3) is 0.385. The molecule has 0 aromatic heterocycles. The highest BCUT2D eigenvalue weighted by atomic mass is 16.6. The van der Waals surface area contributed by atoms with E-state index in [-0.39, 0.29) is 17.8 Å². The number of nitro groups is 1. The Labute approximate surface area is 120 Å². The van der Waals surface area contributed by atoms with Gasteiger partial charge in [-0.25, -0.2) is 0 Å². The summed E-state index contributed by atoms with van der Waals surface area (Å²) in [6, 6.07) is 3.87. The first-order chi connectivity index (χ1) is 9.62. The van der Waals surface area contributed by atoms with Crippen LogP contribution in [0.1, 0.15) is 29.3 Å². The van der Waals surface area contributed by atoms with Crippen LogP contribution in [-0.2, 0) is 4.79 Å². The van der Waals surface area contributed by atoms with Crippen molar-refractivity contribution in [1.82, 2.24) is 5.32 Å². The second-order valence-electron chi connectivity index (χ2n) is 5.01. The number of benzene rings is 1. The maximum atomic E-state index is 12.0. The summed E-state index contributed by atoms with van der Waals surface area (Å²) < 4.78 is 0. The van der Waals surface area contributed by atoms with Crippen molar-refractivity contribution >= 4 is 17.6 Å². The van der Waals surface area contributed by atoms with E-state index in [9.17, 15) is 24.8 Å². The predicted octanol–water partition coefficient (Wildman–Crippen LogP) is 0.859. The van der Waals surface area contributed by atoms with Gasteiger partial charge in [0.05, 0.1) is 16.9 Å². The van der Waals surface area contributed by atoms with Crippen molar-refractivity contribution < 1.29 is 24.7 Å². The quantitative estimate of drug-likeness (QED) is 0.527. The van der Waals surface area contributed by atoms with Gasteiger partial charge in [-0.1, -0.05) is 6.07 Å². The lowest BCUT2D eigenvalue weighted by Crippen LogP contribution is -2.42. The average molecular weight is 296 g/mol. The smallest absolute Gasteiger partial charge is 0.306 e. The van der Waals surface area contributed by atoms with Crippen LogP contribution in [0.5, 0.6) is 0 Å². The van der Waals surface area contributed by atoms with Gasteiger partial charge in [0.15, 0.2) is 0 Å². The van der Waals surface area contributed by atoms with Crippen molar-refractivity contribution in [2.24, 2.45) is 0 Å². The van der Waals surface area contributed by atoms with Crippen LogP contribution in [0.2, 0.25) is 0 Å². The largest absolute Gasteiger partial charge is 0.481 e. The van der Waals surface area contributed by atoms with E-state index in [0.717, 1.165) is 6.07 Å². The number of carboxylic acids is 1. The summed E-state index contributed by atoms with van der Waals surface area (Å²) in [6.07, 6.45) is -0.527. The molecule has 0 saturated heterocycles. The van der Waals surface area contributed by atoms with Gasteiger partial charge >= 0.3 is 5.97 Å². The van der Waals surface area contributed by atoms with Gasteiger partial charge in [-0.2, -0.15) is 0 Å². The Balaban J connectivity index is 2.83. The van der Waals surface area contributed by atoms with E-state index in [1.807, 2.05) is 0 Å². The highest BCUT2D eigenvalue weighted by Crippen LogP contribution is 2.17. The Morgan fingerprint density at radius 1 is 1.43 bits per heavy atom. The molecule has 21 heavy (non-hydrogen) atoms. The highest BCUT2D eigenvalue weighted by Gasteiger charge is 2.25. The van der Waals surface area contributed by atoms with E-state index in [1.54, 1.807) is 6.92 Å². The van der Waals surface area contributed by atoms with Crippen LogP contribution >= 0.6 is 0 Å². The minimum Gasteiger partial charge on any atom is -0.481 e. The molecule has 1 rings (SSSR count). The van der Waals surface area contributed by atoms with E-state index < -0.39 is 28.8 Å². The fourth-order valence-corrected chi connectivity index (χ4v) is 1.72. The van der Waals surface area contributed by atoms with Crippen molar-refractivity contribution in [3.63, 3.8) is 0 Å². The van der Waals surface area contributed by atoms with Gasteiger partial charge in [0.25, 0.3) is 11.6 Å². The number of hydrogen-bond acceptors (Lipinski definition) is 5. The molecule has 0 heterocycles. The van der Waals surface area contributed by atoms with E-state index in [2.05, 4.69) is 5.32 Å². The third-order valence-electron chi connectivity index (χ3n) is 2.84. The standard InChI is InChI=1S/C13H16N2O6/c1-8-3-4-9(15(20)21)5-10(8)12(18)14-7-13(2,19)6-11(16)17/h3-5,19H,6-7H2,1-2H3,(H,14,18)(H,16,17). The molecule has 1 aromatic rings. The number of non-ortho nitro benzene ring substituents is 1. The van der Waals surface area contributed by atoms with Crippen molar-refractivity contribution in [2.45, 2.75) is 25.9 Å². The topological polar surface area (TPSA) is 130 Å². The molecule has 1 atom stereocenters. The second kappa shape index (κ2) is 6.31. The molecule has 0 aliphatic rings. The van der Waals surface area contributed by atoms with Gasteiger partial charge in [0, 0.05) is 24.2 Å². The number of aliphatic hydroxyl groups is 1. The molecule has 114 valence electrons. The maximum absolute atomic E-state index is 12.0. The number of nitro benzene ring substituents is 1. The number of carboxylic acid groups (broad SMARTS) is 1. The van der Waals surface area contributed by atoms with E-state index in [1.165, 1.54) is 19.1 Å². The van der Waals surface area contributed by atoms with Gasteiger partial charge in [0.1, 0.15) is 0 Å². The van der Waals surface area contributed by atoms with E-state index in [0.29, 0.717) is 5.56 Å². The molecule has 1 unspecified atom stereocenters. The van der Waals surface area contributed by atoms with Crippen LogP contribution in [0.25, 0.3) is 0 Å². The summed E-state index contributed by atoms with van der Waals surface area (Å²) in [5, 5.41) is 31.5. The molecule has 8 heteroatoms. The number of rotatable bonds is 6. The van der Waals surface area contributed by atoms with Crippen molar-refractivity contribution in [2.75, 3.05) is 6.54 Å². The minimum atomic E-state index is -1.60. The molecule has 1 aromatic carbocycles. The molecule has 0 saturated carbocycles.